The third kappa shape index (κ3) is 4.72. The number of aromatic nitrogens is 1. The molecule has 2 N–H and O–H groups in total. The van der Waals surface area contributed by atoms with Crippen molar-refractivity contribution in [3.8, 4) is 0 Å². The molecule has 1 unspecified atom stereocenters. The SMILES string of the molecule is COC(=O)CC[C@@H]1N=C(c2ccccn2)C2CC(Br)=CC=C2N=C1NNC=O. The van der Waals surface area contributed by atoms with Crippen LogP contribution in [-0.4, -0.2) is 42.1 Å². The Morgan fingerprint density at radius 2 is 2.25 bits per heavy atom. The third-order valence-corrected chi connectivity index (χ3v) is 5.01. The van der Waals surface area contributed by atoms with Crippen LogP contribution < -0.4 is 10.9 Å². The maximum absolute atomic E-state index is 11.7. The van der Waals surface area contributed by atoms with E-state index in [1.165, 1.54) is 7.11 Å². The summed E-state index contributed by atoms with van der Waals surface area (Å²) in [4.78, 5) is 36.5. The van der Waals surface area contributed by atoms with Gasteiger partial charge in [-0.3, -0.25) is 30.4 Å². The predicted molar refractivity (Wildman–Crippen MR) is 109 cm³/mol. The normalized spacial score (nSPS) is 21.1. The Morgan fingerprint density at radius 3 is 2.96 bits per heavy atom. The monoisotopic (exact) mass is 445 g/mol. The van der Waals surface area contributed by atoms with E-state index in [1.54, 1.807) is 6.20 Å². The average molecular weight is 446 g/mol. The van der Waals surface area contributed by atoms with Crippen LogP contribution in [0.25, 0.3) is 0 Å². The van der Waals surface area contributed by atoms with Crippen molar-refractivity contribution in [1.82, 2.24) is 15.8 Å². The molecule has 2 heterocycles. The average Bonchev–Trinajstić information content (AvgIpc) is 2.87. The van der Waals surface area contributed by atoms with Crippen molar-refractivity contribution < 1.29 is 14.3 Å². The van der Waals surface area contributed by atoms with E-state index in [2.05, 4.69) is 31.8 Å². The van der Waals surface area contributed by atoms with E-state index in [0.29, 0.717) is 25.1 Å². The number of allylic oxidation sites excluding steroid dienone is 4. The first-order chi connectivity index (χ1) is 13.6. The number of nitrogens with one attached hydrogen (secondary N) is 2. The fraction of sp³-hybridized carbons (Fsp3) is 0.316. The van der Waals surface area contributed by atoms with Gasteiger partial charge < -0.3 is 4.74 Å². The zero-order chi connectivity index (χ0) is 19.9. The van der Waals surface area contributed by atoms with Crippen LogP contribution in [0.2, 0.25) is 0 Å². The van der Waals surface area contributed by atoms with Crippen LogP contribution in [0.4, 0.5) is 0 Å². The molecule has 0 saturated heterocycles. The van der Waals surface area contributed by atoms with Gasteiger partial charge in [-0.25, -0.2) is 4.99 Å². The number of amidine groups is 1. The number of amides is 1. The van der Waals surface area contributed by atoms with Gasteiger partial charge >= 0.3 is 5.97 Å². The van der Waals surface area contributed by atoms with Crippen molar-refractivity contribution in [2.75, 3.05) is 7.11 Å². The molecule has 1 aromatic rings. The molecule has 8 nitrogen and oxygen atoms in total. The summed E-state index contributed by atoms with van der Waals surface area (Å²) in [7, 11) is 1.35. The molecule has 0 radical (unpaired) electrons. The van der Waals surface area contributed by atoms with Crippen molar-refractivity contribution in [2.45, 2.75) is 25.3 Å². The van der Waals surface area contributed by atoms with Crippen molar-refractivity contribution in [2.24, 2.45) is 15.9 Å². The smallest absolute Gasteiger partial charge is 0.305 e. The molecule has 0 bridgehead atoms. The van der Waals surface area contributed by atoms with Crippen LogP contribution in [0.1, 0.15) is 25.0 Å². The number of fused-ring (bicyclic) bond motifs is 1. The van der Waals surface area contributed by atoms with E-state index in [9.17, 15) is 9.59 Å². The van der Waals surface area contributed by atoms with Gasteiger partial charge in [0, 0.05) is 18.5 Å². The minimum atomic E-state index is -0.464. The number of methoxy groups -OCH3 is 1. The second kappa shape index (κ2) is 9.41. The van der Waals surface area contributed by atoms with Gasteiger partial charge in [-0.2, -0.15) is 0 Å². The molecule has 146 valence electrons. The summed E-state index contributed by atoms with van der Waals surface area (Å²) < 4.78 is 5.79. The number of rotatable bonds is 6. The number of esters is 1. The molecule has 1 aliphatic heterocycles. The Bertz CT molecular complexity index is 864. The molecule has 1 amide bonds. The Balaban J connectivity index is 2.04. The minimum absolute atomic E-state index is 0.0922. The number of carbonyl (C=O) groups excluding carboxylic acids is 2. The Labute approximate surface area is 171 Å². The highest BCUT2D eigenvalue weighted by Crippen LogP contribution is 2.34. The quantitative estimate of drug-likeness (QED) is 0.395. The summed E-state index contributed by atoms with van der Waals surface area (Å²) in [5.74, 6) is 0.0395. The zero-order valence-electron chi connectivity index (χ0n) is 15.3. The highest BCUT2D eigenvalue weighted by molar-refractivity contribution is 9.11. The molecule has 1 aromatic heterocycles. The number of pyridine rings is 1. The highest BCUT2D eigenvalue weighted by atomic mass is 79.9. The van der Waals surface area contributed by atoms with Gasteiger partial charge in [0.1, 0.15) is 11.9 Å². The lowest BCUT2D eigenvalue weighted by molar-refractivity contribution is -0.140. The largest absolute Gasteiger partial charge is 0.469 e. The van der Waals surface area contributed by atoms with Crippen molar-refractivity contribution in [1.29, 1.82) is 0 Å². The molecule has 2 aliphatic rings. The molecule has 28 heavy (non-hydrogen) atoms. The summed E-state index contributed by atoms with van der Waals surface area (Å²) in [5.41, 5.74) is 7.57. The van der Waals surface area contributed by atoms with Crippen LogP contribution in [0.3, 0.4) is 0 Å². The molecular weight excluding hydrogens is 426 g/mol. The first kappa shape index (κ1) is 19.9. The molecule has 0 fully saturated rings. The molecule has 0 aromatic carbocycles. The number of halogens is 1. The zero-order valence-corrected chi connectivity index (χ0v) is 16.8. The van der Waals surface area contributed by atoms with E-state index in [-0.39, 0.29) is 18.3 Å². The van der Waals surface area contributed by atoms with Crippen molar-refractivity contribution in [3.05, 3.63) is 52.4 Å². The number of hydrogen-bond donors (Lipinski definition) is 2. The first-order valence-electron chi connectivity index (χ1n) is 8.78. The summed E-state index contributed by atoms with van der Waals surface area (Å²) in [6, 6.07) is 5.20. The Morgan fingerprint density at radius 1 is 1.39 bits per heavy atom. The lowest BCUT2D eigenvalue weighted by Gasteiger charge is -2.21. The number of ether oxygens (including phenoxy) is 1. The predicted octanol–water partition coefficient (Wildman–Crippen LogP) is 2.04. The van der Waals surface area contributed by atoms with Crippen molar-refractivity contribution in [3.63, 3.8) is 0 Å². The van der Waals surface area contributed by atoms with Crippen molar-refractivity contribution >= 4 is 39.9 Å². The van der Waals surface area contributed by atoms with Crippen LogP contribution >= 0.6 is 15.9 Å². The maximum atomic E-state index is 11.7. The highest BCUT2D eigenvalue weighted by Gasteiger charge is 2.31. The number of hydrazine groups is 1. The molecule has 0 saturated carbocycles. The van der Waals surface area contributed by atoms with Gasteiger partial charge in [0.25, 0.3) is 0 Å². The second-order valence-electron chi connectivity index (χ2n) is 6.21. The summed E-state index contributed by atoms with van der Waals surface area (Å²) >= 11 is 3.56. The van der Waals surface area contributed by atoms with Gasteiger partial charge in [0.15, 0.2) is 0 Å². The molecular formula is C19H20BrN5O3. The molecule has 0 spiro atoms. The van der Waals surface area contributed by atoms with Gasteiger partial charge in [0.05, 0.1) is 24.2 Å². The lowest BCUT2D eigenvalue weighted by Crippen LogP contribution is -2.42. The van der Waals surface area contributed by atoms with Gasteiger partial charge in [-0.1, -0.05) is 28.1 Å². The lowest BCUT2D eigenvalue weighted by atomic mass is 9.90. The molecule has 9 heteroatoms. The summed E-state index contributed by atoms with van der Waals surface area (Å²) in [5, 5.41) is 0. The number of aliphatic imine (C=N–C) groups is 2. The second-order valence-corrected chi connectivity index (χ2v) is 7.22. The number of nitrogens with zero attached hydrogens (tertiary/aromatic N) is 3. The minimum Gasteiger partial charge on any atom is -0.469 e. The van der Waals surface area contributed by atoms with Gasteiger partial charge in [0.2, 0.25) is 6.41 Å². The van der Waals surface area contributed by atoms with E-state index in [1.807, 2.05) is 30.4 Å². The van der Waals surface area contributed by atoms with E-state index in [4.69, 9.17) is 14.7 Å². The van der Waals surface area contributed by atoms with Crippen LogP contribution in [0.5, 0.6) is 0 Å². The first-order valence-corrected chi connectivity index (χ1v) is 9.57. The number of hydrogen-bond acceptors (Lipinski definition) is 7. The summed E-state index contributed by atoms with van der Waals surface area (Å²) in [6.45, 7) is 0. The molecule has 3 rings (SSSR count). The van der Waals surface area contributed by atoms with Crippen LogP contribution in [0, 0.1) is 5.92 Å². The topological polar surface area (TPSA) is 105 Å². The van der Waals surface area contributed by atoms with Crippen LogP contribution in [-0.2, 0) is 14.3 Å². The van der Waals surface area contributed by atoms with E-state index < -0.39 is 6.04 Å². The molecule has 1 aliphatic carbocycles. The van der Waals surface area contributed by atoms with Crippen LogP contribution in [0.15, 0.2) is 56.7 Å². The number of carbonyl (C=O) groups is 2. The third-order valence-electron chi connectivity index (χ3n) is 4.42. The fourth-order valence-electron chi connectivity index (χ4n) is 3.08. The summed E-state index contributed by atoms with van der Waals surface area (Å²) in [6.07, 6.45) is 7.36. The van der Waals surface area contributed by atoms with E-state index >= 15 is 0 Å². The Kier molecular flexibility index (Phi) is 6.70. The fourth-order valence-corrected chi connectivity index (χ4v) is 3.53. The van der Waals surface area contributed by atoms with Gasteiger partial charge in [-0.05, 0) is 35.5 Å². The maximum Gasteiger partial charge on any atom is 0.305 e. The molecule has 2 atom stereocenters. The Hall–Kier alpha value is -2.81. The van der Waals surface area contributed by atoms with E-state index in [0.717, 1.165) is 21.6 Å². The van der Waals surface area contributed by atoms with Gasteiger partial charge in [-0.15, -0.1) is 0 Å². The standard InChI is InChI=1S/C19H20BrN5O3/c1-28-17(27)8-7-16-19(25-22-11-26)24-14-6-5-12(20)10-13(14)18(23-16)15-4-2-3-9-21-15/h2-6,9,11,13,16H,7-8,10H2,1H3,(H,22,26)(H,24,25)/t13?,16-/m0/s1.